The lowest BCUT2D eigenvalue weighted by Crippen LogP contribution is -2.42. The van der Waals surface area contributed by atoms with Crippen LogP contribution in [-0.2, 0) is 4.79 Å². The average Bonchev–Trinajstić information content (AvgIpc) is 2.24. The van der Waals surface area contributed by atoms with Gasteiger partial charge in [-0.2, -0.15) is 0 Å². The molecule has 0 radical (unpaired) electrons. The summed E-state index contributed by atoms with van der Waals surface area (Å²) in [6.45, 7) is 3.21. The van der Waals surface area contributed by atoms with E-state index in [1.807, 2.05) is 0 Å². The Bertz CT molecular complexity index is 411. The van der Waals surface area contributed by atoms with E-state index in [9.17, 15) is 9.18 Å². The molecule has 0 saturated carbocycles. The minimum atomic E-state index is -1.20. The van der Waals surface area contributed by atoms with Crippen molar-refractivity contribution < 1.29 is 14.3 Å². The van der Waals surface area contributed by atoms with Gasteiger partial charge in [-0.05, 0) is 25.5 Å². The Hall–Kier alpha value is -1.29. The fourth-order valence-corrected chi connectivity index (χ4v) is 1.37. The highest BCUT2D eigenvalue weighted by molar-refractivity contribution is 6.31. The van der Waals surface area contributed by atoms with E-state index in [-0.39, 0.29) is 10.7 Å². The SMILES string of the molecule is CCC(C)(Nc1cccc(Cl)c1F)C(=O)O. The van der Waals surface area contributed by atoms with Gasteiger partial charge in [0.1, 0.15) is 5.54 Å². The number of hydrogen-bond acceptors (Lipinski definition) is 2. The molecule has 0 aliphatic rings. The predicted molar refractivity (Wildman–Crippen MR) is 61.4 cm³/mol. The molecule has 0 aliphatic heterocycles. The molecule has 0 aliphatic carbocycles. The molecule has 1 unspecified atom stereocenters. The molecule has 0 bridgehead atoms. The number of anilines is 1. The van der Waals surface area contributed by atoms with Crippen molar-refractivity contribution in [1.29, 1.82) is 0 Å². The summed E-state index contributed by atoms with van der Waals surface area (Å²) in [5.74, 6) is -1.67. The maximum absolute atomic E-state index is 13.5. The molecular weight excluding hydrogens is 233 g/mol. The normalized spacial score (nSPS) is 14.2. The first kappa shape index (κ1) is 12.8. The Kier molecular flexibility index (Phi) is 3.75. The van der Waals surface area contributed by atoms with E-state index in [4.69, 9.17) is 16.7 Å². The summed E-state index contributed by atoms with van der Waals surface area (Å²) in [6, 6.07) is 4.43. The Morgan fingerprint density at radius 2 is 2.25 bits per heavy atom. The van der Waals surface area contributed by atoms with Crippen LogP contribution in [0, 0.1) is 5.82 Å². The fraction of sp³-hybridized carbons (Fsp3) is 0.364. The second-order valence-corrected chi connectivity index (χ2v) is 4.12. The van der Waals surface area contributed by atoms with Crippen molar-refractivity contribution in [2.45, 2.75) is 25.8 Å². The van der Waals surface area contributed by atoms with Gasteiger partial charge >= 0.3 is 5.97 Å². The molecule has 0 fully saturated rings. The van der Waals surface area contributed by atoms with Gasteiger partial charge < -0.3 is 10.4 Å². The molecule has 0 heterocycles. The lowest BCUT2D eigenvalue weighted by Gasteiger charge is -2.26. The number of aliphatic carboxylic acids is 1. The summed E-state index contributed by atoms with van der Waals surface area (Å²) in [6.07, 6.45) is 0.328. The van der Waals surface area contributed by atoms with Crippen LogP contribution in [0.1, 0.15) is 20.3 Å². The van der Waals surface area contributed by atoms with Crippen molar-refractivity contribution >= 4 is 23.3 Å². The predicted octanol–water partition coefficient (Wildman–Crippen LogP) is 3.14. The van der Waals surface area contributed by atoms with Crippen LogP contribution in [0.3, 0.4) is 0 Å². The van der Waals surface area contributed by atoms with E-state index >= 15 is 0 Å². The van der Waals surface area contributed by atoms with E-state index in [1.54, 1.807) is 13.0 Å². The van der Waals surface area contributed by atoms with Gasteiger partial charge in [0.2, 0.25) is 0 Å². The molecule has 0 aromatic heterocycles. The van der Waals surface area contributed by atoms with Crippen molar-refractivity contribution in [3.8, 4) is 0 Å². The molecule has 1 rings (SSSR count). The third-order valence-electron chi connectivity index (χ3n) is 2.54. The smallest absolute Gasteiger partial charge is 0.329 e. The molecule has 3 nitrogen and oxygen atoms in total. The molecule has 0 spiro atoms. The third-order valence-corrected chi connectivity index (χ3v) is 2.83. The van der Waals surface area contributed by atoms with E-state index in [1.165, 1.54) is 19.1 Å². The average molecular weight is 246 g/mol. The summed E-state index contributed by atoms with van der Waals surface area (Å²) in [5, 5.41) is 11.7. The van der Waals surface area contributed by atoms with Gasteiger partial charge in [0.05, 0.1) is 10.7 Å². The van der Waals surface area contributed by atoms with Crippen LogP contribution in [0.5, 0.6) is 0 Å². The number of benzene rings is 1. The third kappa shape index (κ3) is 2.44. The van der Waals surface area contributed by atoms with Crippen molar-refractivity contribution in [3.05, 3.63) is 29.0 Å². The van der Waals surface area contributed by atoms with Crippen molar-refractivity contribution in [3.63, 3.8) is 0 Å². The Morgan fingerprint density at radius 1 is 1.62 bits per heavy atom. The van der Waals surface area contributed by atoms with Crippen LogP contribution < -0.4 is 5.32 Å². The summed E-state index contributed by atoms with van der Waals surface area (Å²) in [7, 11) is 0. The number of rotatable bonds is 4. The van der Waals surface area contributed by atoms with E-state index in [0.29, 0.717) is 6.42 Å². The topological polar surface area (TPSA) is 49.3 Å². The first-order valence-corrected chi connectivity index (χ1v) is 5.24. The van der Waals surface area contributed by atoms with E-state index in [0.717, 1.165) is 0 Å². The maximum Gasteiger partial charge on any atom is 0.329 e. The Labute approximate surface area is 98.2 Å². The summed E-state index contributed by atoms with van der Waals surface area (Å²) >= 11 is 5.60. The molecule has 1 atom stereocenters. The highest BCUT2D eigenvalue weighted by atomic mass is 35.5. The van der Waals surface area contributed by atoms with Gasteiger partial charge in [0.25, 0.3) is 0 Å². The largest absolute Gasteiger partial charge is 0.480 e. The molecule has 16 heavy (non-hydrogen) atoms. The van der Waals surface area contributed by atoms with Crippen LogP contribution in [0.25, 0.3) is 0 Å². The first-order chi connectivity index (χ1) is 7.40. The zero-order valence-electron chi connectivity index (χ0n) is 9.05. The number of nitrogens with one attached hydrogen (secondary N) is 1. The van der Waals surface area contributed by atoms with Crippen LogP contribution in [-0.4, -0.2) is 16.6 Å². The Balaban J connectivity index is 3.04. The Morgan fingerprint density at radius 3 is 2.75 bits per heavy atom. The first-order valence-electron chi connectivity index (χ1n) is 4.86. The monoisotopic (exact) mass is 245 g/mol. The fourth-order valence-electron chi connectivity index (χ4n) is 1.19. The van der Waals surface area contributed by atoms with Gasteiger partial charge in [0, 0.05) is 0 Å². The minimum absolute atomic E-state index is 0.0335. The lowest BCUT2D eigenvalue weighted by molar-refractivity contribution is -0.141. The molecule has 1 aromatic carbocycles. The van der Waals surface area contributed by atoms with E-state index < -0.39 is 17.3 Å². The quantitative estimate of drug-likeness (QED) is 0.857. The second-order valence-electron chi connectivity index (χ2n) is 3.72. The molecule has 5 heteroatoms. The maximum atomic E-state index is 13.5. The van der Waals surface area contributed by atoms with Crippen molar-refractivity contribution in [1.82, 2.24) is 0 Å². The van der Waals surface area contributed by atoms with Crippen LogP contribution in [0.4, 0.5) is 10.1 Å². The summed E-state index contributed by atoms with van der Waals surface area (Å²) < 4.78 is 13.5. The van der Waals surface area contributed by atoms with Gasteiger partial charge in [-0.15, -0.1) is 0 Å². The standard InChI is InChI=1S/C11H13ClFNO2/c1-3-11(2,10(15)16)14-8-6-4-5-7(12)9(8)13/h4-6,14H,3H2,1-2H3,(H,15,16). The van der Waals surface area contributed by atoms with Crippen molar-refractivity contribution in [2.75, 3.05) is 5.32 Å². The number of carboxylic acid groups (broad SMARTS) is 1. The van der Waals surface area contributed by atoms with Gasteiger partial charge in [-0.25, -0.2) is 9.18 Å². The van der Waals surface area contributed by atoms with Crippen molar-refractivity contribution in [2.24, 2.45) is 0 Å². The molecule has 1 aromatic rings. The van der Waals surface area contributed by atoms with Crippen LogP contribution >= 0.6 is 11.6 Å². The molecule has 88 valence electrons. The van der Waals surface area contributed by atoms with Crippen LogP contribution in [0.15, 0.2) is 18.2 Å². The second kappa shape index (κ2) is 4.70. The number of hydrogen-bond donors (Lipinski definition) is 2. The highest BCUT2D eigenvalue weighted by Crippen LogP contribution is 2.26. The molecule has 0 saturated heterocycles. The summed E-state index contributed by atoms with van der Waals surface area (Å²) in [5.41, 5.74) is -1.11. The molecule has 0 amide bonds. The van der Waals surface area contributed by atoms with Gasteiger partial charge in [-0.1, -0.05) is 24.6 Å². The molecular formula is C11H13ClFNO2. The van der Waals surface area contributed by atoms with Crippen LogP contribution in [0.2, 0.25) is 5.02 Å². The summed E-state index contributed by atoms with van der Waals surface area (Å²) in [4.78, 5) is 11.0. The zero-order chi connectivity index (χ0) is 12.3. The number of carboxylic acids is 1. The zero-order valence-corrected chi connectivity index (χ0v) is 9.81. The number of carbonyl (C=O) groups is 1. The van der Waals surface area contributed by atoms with Gasteiger partial charge in [-0.3, -0.25) is 0 Å². The lowest BCUT2D eigenvalue weighted by atomic mass is 9.99. The molecule has 2 N–H and O–H groups in total. The minimum Gasteiger partial charge on any atom is -0.480 e. The van der Waals surface area contributed by atoms with E-state index in [2.05, 4.69) is 5.32 Å². The highest BCUT2D eigenvalue weighted by Gasteiger charge is 2.31. The number of halogens is 2. The van der Waals surface area contributed by atoms with Gasteiger partial charge in [0.15, 0.2) is 5.82 Å².